The molecule has 2 unspecified atom stereocenters. The highest BCUT2D eigenvalue weighted by Gasteiger charge is 2.25. The molecule has 1 saturated heterocycles. The van der Waals surface area contributed by atoms with Crippen LogP contribution in [0.1, 0.15) is 39.0 Å². The van der Waals surface area contributed by atoms with E-state index in [1.165, 1.54) is 23.6 Å². The van der Waals surface area contributed by atoms with Gasteiger partial charge in [-0.15, -0.1) is 0 Å². The molecule has 0 bridgehead atoms. The second-order valence-electron chi connectivity index (χ2n) is 5.98. The van der Waals surface area contributed by atoms with E-state index >= 15 is 0 Å². The second kappa shape index (κ2) is 7.43. The first kappa shape index (κ1) is 15.8. The molecular weight excluding hydrogens is 266 g/mol. The molecule has 112 valence electrons. The van der Waals surface area contributed by atoms with Gasteiger partial charge in [-0.05, 0) is 18.6 Å². The minimum Gasteiger partial charge on any atom is -0.310 e. The Labute approximate surface area is 127 Å². The molecule has 1 fully saturated rings. The van der Waals surface area contributed by atoms with Crippen LogP contribution in [0.3, 0.4) is 0 Å². The second-order valence-corrected chi connectivity index (χ2v) is 7.47. The van der Waals surface area contributed by atoms with Crippen LogP contribution in [0.25, 0.3) is 0 Å². The van der Waals surface area contributed by atoms with Crippen LogP contribution in [-0.4, -0.2) is 39.5 Å². The number of aromatic nitrogens is 1. The molecule has 0 spiro atoms. The Morgan fingerprint density at radius 3 is 2.85 bits per heavy atom. The number of pyridine rings is 1. The van der Waals surface area contributed by atoms with Gasteiger partial charge in [0.15, 0.2) is 0 Å². The van der Waals surface area contributed by atoms with Gasteiger partial charge in [0.1, 0.15) is 0 Å². The number of hydrogen-bond donors (Lipinski definition) is 1. The number of nitrogens with one attached hydrogen (secondary N) is 1. The van der Waals surface area contributed by atoms with E-state index in [-0.39, 0.29) is 0 Å². The van der Waals surface area contributed by atoms with Crippen molar-refractivity contribution in [2.24, 2.45) is 0 Å². The number of thioether (sulfide) groups is 1. The first-order valence-corrected chi connectivity index (χ1v) is 8.64. The molecule has 1 aliphatic heterocycles. The van der Waals surface area contributed by atoms with Crippen molar-refractivity contribution in [3.8, 4) is 0 Å². The molecule has 1 aromatic rings. The Morgan fingerprint density at radius 2 is 2.20 bits per heavy atom. The number of rotatable bonds is 5. The monoisotopic (exact) mass is 293 g/mol. The fourth-order valence-corrected chi connectivity index (χ4v) is 3.56. The van der Waals surface area contributed by atoms with E-state index in [9.17, 15) is 0 Å². The summed E-state index contributed by atoms with van der Waals surface area (Å²) in [6, 6.07) is 5.53. The van der Waals surface area contributed by atoms with Crippen LogP contribution in [-0.2, 0) is 13.1 Å². The minimum absolute atomic E-state index is 0.517. The van der Waals surface area contributed by atoms with Gasteiger partial charge in [0.2, 0.25) is 0 Å². The summed E-state index contributed by atoms with van der Waals surface area (Å²) in [4.78, 5) is 7.17. The van der Waals surface area contributed by atoms with Crippen molar-refractivity contribution in [2.45, 2.75) is 58.1 Å². The lowest BCUT2D eigenvalue weighted by molar-refractivity contribution is 0.202. The minimum atomic E-state index is 0.517. The van der Waals surface area contributed by atoms with Crippen molar-refractivity contribution in [2.75, 3.05) is 12.3 Å². The van der Waals surface area contributed by atoms with Crippen LogP contribution in [0.2, 0.25) is 0 Å². The van der Waals surface area contributed by atoms with Crippen LogP contribution < -0.4 is 5.32 Å². The lowest BCUT2D eigenvalue weighted by Crippen LogP contribution is -2.44. The van der Waals surface area contributed by atoms with Crippen LogP contribution in [0.4, 0.5) is 0 Å². The zero-order chi connectivity index (χ0) is 14.5. The molecule has 2 atom stereocenters. The summed E-state index contributed by atoms with van der Waals surface area (Å²) in [7, 11) is 0. The molecule has 3 nitrogen and oxygen atoms in total. The zero-order valence-corrected chi connectivity index (χ0v) is 13.9. The lowest BCUT2D eigenvalue weighted by atomic mass is 10.2. The third kappa shape index (κ3) is 4.47. The van der Waals surface area contributed by atoms with Gasteiger partial charge in [-0.3, -0.25) is 9.88 Å². The Morgan fingerprint density at radius 1 is 1.40 bits per heavy atom. The topological polar surface area (TPSA) is 28.2 Å². The third-order valence-corrected chi connectivity index (χ3v) is 5.32. The first-order valence-electron chi connectivity index (χ1n) is 7.59. The maximum atomic E-state index is 4.62. The van der Waals surface area contributed by atoms with Gasteiger partial charge in [-0.25, -0.2) is 0 Å². The Hall–Kier alpha value is -0.580. The van der Waals surface area contributed by atoms with Crippen LogP contribution >= 0.6 is 11.8 Å². The fraction of sp³-hybridized carbons (Fsp3) is 0.688. The standard InChI is InChI=1S/C16H27N3S/c1-12(2)17-9-15-5-6-16(18-10-15)11-19-7-8-20-14(4)13(19)3/h5-6,10,12-14,17H,7-9,11H2,1-4H3. The first-order chi connectivity index (χ1) is 9.56. The van der Waals surface area contributed by atoms with E-state index in [2.05, 4.69) is 66.8 Å². The molecule has 0 saturated carbocycles. The molecule has 1 aliphatic rings. The molecule has 4 heteroatoms. The largest absolute Gasteiger partial charge is 0.310 e. The molecular formula is C16H27N3S. The Balaban J connectivity index is 1.90. The summed E-state index contributed by atoms with van der Waals surface area (Å²) in [5.41, 5.74) is 2.45. The molecule has 0 aromatic carbocycles. The molecule has 0 aliphatic carbocycles. The van der Waals surface area contributed by atoms with E-state index in [4.69, 9.17) is 0 Å². The summed E-state index contributed by atoms with van der Waals surface area (Å²) >= 11 is 2.08. The average molecular weight is 293 g/mol. The summed E-state index contributed by atoms with van der Waals surface area (Å²) in [5, 5.41) is 4.14. The summed E-state index contributed by atoms with van der Waals surface area (Å²) in [5.74, 6) is 1.24. The SMILES string of the molecule is CC(C)NCc1ccc(CN2CCSC(C)C2C)nc1. The third-order valence-electron chi connectivity index (χ3n) is 3.98. The molecule has 0 amide bonds. The quantitative estimate of drug-likeness (QED) is 0.903. The average Bonchev–Trinajstić information content (AvgIpc) is 2.43. The molecule has 0 radical (unpaired) electrons. The Kier molecular flexibility index (Phi) is 5.87. The predicted molar refractivity (Wildman–Crippen MR) is 88.0 cm³/mol. The molecule has 20 heavy (non-hydrogen) atoms. The highest BCUT2D eigenvalue weighted by molar-refractivity contribution is 8.00. The van der Waals surface area contributed by atoms with Gasteiger partial charge in [-0.2, -0.15) is 11.8 Å². The maximum absolute atomic E-state index is 4.62. The predicted octanol–water partition coefficient (Wildman–Crippen LogP) is 2.91. The molecule has 2 heterocycles. The van der Waals surface area contributed by atoms with Gasteiger partial charge in [0, 0.05) is 48.9 Å². The van der Waals surface area contributed by atoms with Crippen molar-refractivity contribution in [1.82, 2.24) is 15.2 Å². The normalized spacial score (nSPS) is 24.2. The maximum Gasteiger partial charge on any atom is 0.0544 e. The van der Waals surface area contributed by atoms with Gasteiger partial charge >= 0.3 is 0 Å². The van der Waals surface area contributed by atoms with Crippen molar-refractivity contribution < 1.29 is 0 Å². The van der Waals surface area contributed by atoms with E-state index in [1.807, 2.05) is 6.20 Å². The van der Waals surface area contributed by atoms with Gasteiger partial charge in [0.05, 0.1) is 5.69 Å². The number of nitrogens with zero attached hydrogens (tertiary/aromatic N) is 2. The summed E-state index contributed by atoms with van der Waals surface area (Å²) < 4.78 is 0. The van der Waals surface area contributed by atoms with Crippen LogP contribution in [0, 0.1) is 0 Å². The van der Waals surface area contributed by atoms with Crippen molar-refractivity contribution in [3.05, 3.63) is 29.6 Å². The van der Waals surface area contributed by atoms with Crippen molar-refractivity contribution in [1.29, 1.82) is 0 Å². The van der Waals surface area contributed by atoms with Gasteiger partial charge in [-0.1, -0.05) is 26.8 Å². The molecule has 1 N–H and O–H groups in total. The van der Waals surface area contributed by atoms with Gasteiger partial charge < -0.3 is 5.32 Å². The van der Waals surface area contributed by atoms with E-state index in [0.717, 1.165) is 18.3 Å². The fourth-order valence-electron chi connectivity index (χ4n) is 2.40. The van der Waals surface area contributed by atoms with Crippen molar-refractivity contribution >= 4 is 11.8 Å². The number of hydrogen-bond acceptors (Lipinski definition) is 4. The lowest BCUT2D eigenvalue weighted by Gasteiger charge is -2.37. The highest BCUT2D eigenvalue weighted by Crippen LogP contribution is 2.25. The van der Waals surface area contributed by atoms with E-state index < -0.39 is 0 Å². The molecule has 2 rings (SSSR count). The highest BCUT2D eigenvalue weighted by atomic mass is 32.2. The van der Waals surface area contributed by atoms with E-state index in [1.54, 1.807) is 0 Å². The molecule has 1 aromatic heterocycles. The Bertz CT molecular complexity index is 405. The van der Waals surface area contributed by atoms with Gasteiger partial charge in [0.25, 0.3) is 0 Å². The zero-order valence-electron chi connectivity index (χ0n) is 13.1. The summed E-state index contributed by atoms with van der Waals surface area (Å²) in [6.07, 6.45) is 2.01. The van der Waals surface area contributed by atoms with Crippen LogP contribution in [0.15, 0.2) is 18.3 Å². The van der Waals surface area contributed by atoms with Crippen LogP contribution in [0.5, 0.6) is 0 Å². The smallest absolute Gasteiger partial charge is 0.0544 e. The van der Waals surface area contributed by atoms with Crippen molar-refractivity contribution in [3.63, 3.8) is 0 Å². The van der Waals surface area contributed by atoms with E-state index in [0.29, 0.717) is 12.1 Å². The summed E-state index contributed by atoms with van der Waals surface area (Å²) in [6.45, 7) is 12.0.